The van der Waals surface area contributed by atoms with Crippen LogP contribution in [0.15, 0.2) is 6.07 Å². The molecule has 0 aromatic carbocycles. The van der Waals surface area contributed by atoms with Crippen LogP contribution in [0.3, 0.4) is 0 Å². The second kappa shape index (κ2) is 7.90. The van der Waals surface area contributed by atoms with Crippen molar-refractivity contribution in [2.45, 2.75) is 65.4 Å². The minimum absolute atomic E-state index is 0.0184. The minimum atomic E-state index is -1.83. The average molecular weight is 374 g/mol. The number of rotatable bonds is 7. The number of nitrogens with one attached hydrogen (secondary N) is 1. The number of nitro groups is 1. The first-order valence-corrected chi connectivity index (χ1v) is 11.3. The molecule has 0 radical (unpaired) electrons. The fourth-order valence-corrected chi connectivity index (χ4v) is 3.89. The van der Waals surface area contributed by atoms with E-state index in [1.54, 1.807) is 6.92 Å². The molecule has 8 heteroatoms. The molecular weight excluding hydrogens is 346 g/mol. The smallest absolute Gasteiger partial charge is 0.295 e. The van der Waals surface area contributed by atoms with Crippen LogP contribution in [0.25, 0.3) is 0 Å². The molecule has 6 nitrogen and oxygen atoms in total. The van der Waals surface area contributed by atoms with Crippen molar-refractivity contribution in [3.05, 3.63) is 32.6 Å². The fraction of sp³-hybridized carbons (Fsp3) is 0.688. The summed E-state index contributed by atoms with van der Waals surface area (Å²) in [6.07, 6.45) is 0.0187. The lowest BCUT2D eigenvalue weighted by Crippen LogP contribution is -2.45. The van der Waals surface area contributed by atoms with Gasteiger partial charge in [-0.3, -0.25) is 10.1 Å². The average Bonchev–Trinajstić information content (AvgIpc) is 2.34. The molecule has 1 N–H and O–H groups in total. The van der Waals surface area contributed by atoms with E-state index in [0.717, 1.165) is 0 Å². The van der Waals surface area contributed by atoms with E-state index < -0.39 is 13.2 Å². The van der Waals surface area contributed by atoms with Crippen LogP contribution in [-0.2, 0) is 11.0 Å². The minimum Gasteiger partial charge on any atom is -0.413 e. The Kier molecular flexibility index (Phi) is 6.92. The van der Waals surface area contributed by atoms with Crippen molar-refractivity contribution in [3.63, 3.8) is 0 Å². The summed E-state index contributed by atoms with van der Waals surface area (Å²) in [6.45, 7) is 15.5. The first-order valence-electron chi connectivity index (χ1n) is 8.04. The fourth-order valence-electron chi connectivity index (χ4n) is 2.18. The molecule has 1 atom stereocenters. The molecule has 0 aliphatic carbocycles. The molecule has 1 aromatic rings. The van der Waals surface area contributed by atoms with Gasteiger partial charge in [-0.15, -0.1) is 0 Å². The molecule has 0 spiro atoms. The van der Waals surface area contributed by atoms with Gasteiger partial charge >= 0.3 is 0 Å². The third-order valence-corrected chi connectivity index (χ3v) is 9.23. The van der Waals surface area contributed by atoms with Crippen molar-refractivity contribution in [1.82, 2.24) is 10.3 Å². The lowest BCUT2D eigenvalue weighted by Gasteiger charge is -2.38. The van der Waals surface area contributed by atoms with Crippen LogP contribution in [0.5, 0.6) is 0 Å². The predicted octanol–water partition coefficient (Wildman–Crippen LogP) is 4.45. The Morgan fingerprint density at radius 2 is 2.04 bits per heavy atom. The van der Waals surface area contributed by atoms with Gasteiger partial charge in [0.25, 0.3) is 5.69 Å². The molecule has 0 fully saturated rings. The largest absolute Gasteiger partial charge is 0.413 e. The Bertz CT molecular complexity index is 603. The first kappa shape index (κ1) is 21.0. The van der Waals surface area contributed by atoms with E-state index in [4.69, 9.17) is 16.0 Å². The summed E-state index contributed by atoms with van der Waals surface area (Å²) in [5.74, 6) is 0. The molecule has 136 valence electrons. The zero-order valence-corrected chi connectivity index (χ0v) is 17.3. The highest BCUT2D eigenvalue weighted by atomic mass is 35.5. The van der Waals surface area contributed by atoms with Crippen molar-refractivity contribution < 1.29 is 9.35 Å². The van der Waals surface area contributed by atoms with Crippen LogP contribution in [0.4, 0.5) is 5.69 Å². The summed E-state index contributed by atoms with van der Waals surface area (Å²) in [4.78, 5) is 14.9. The van der Waals surface area contributed by atoms with Gasteiger partial charge in [-0.2, -0.15) is 0 Å². The normalized spacial score (nSPS) is 13.8. The summed E-state index contributed by atoms with van der Waals surface area (Å²) < 4.78 is 6.26. The predicted molar refractivity (Wildman–Crippen MR) is 100 cm³/mol. The molecule has 0 bridgehead atoms. The topological polar surface area (TPSA) is 77.3 Å². The van der Waals surface area contributed by atoms with Crippen LogP contribution in [0.2, 0.25) is 23.3 Å². The maximum Gasteiger partial charge on any atom is 0.295 e. The van der Waals surface area contributed by atoms with Gasteiger partial charge in [-0.1, -0.05) is 32.4 Å². The zero-order valence-electron chi connectivity index (χ0n) is 15.6. The molecule has 0 saturated heterocycles. The summed E-state index contributed by atoms with van der Waals surface area (Å²) in [6, 6.07) is 1.51. The highest BCUT2D eigenvalue weighted by Crippen LogP contribution is 2.37. The summed E-state index contributed by atoms with van der Waals surface area (Å²) in [7, 11) is -1.83. The number of hydrogen-bond donors (Lipinski definition) is 1. The summed E-state index contributed by atoms with van der Waals surface area (Å²) in [5, 5.41) is 14.8. The number of aromatic nitrogens is 1. The molecule has 24 heavy (non-hydrogen) atoms. The van der Waals surface area contributed by atoms with Crippen molar-refractivity contribution in [3.8, 4) is 0 Å². The molecule has 0 saturated carbocycles. The standard InChI is InChI=1S/C16H28ClN3O3Si/c1-11-8-14(17)19-13(15(11)20(21)22)10-18-9-12(2)23-24(6,7)16(3,4)5/h8,12,18H,9-10H2,1-7H3. The number of nitrogens with zero attached hydrogens (tertiary/aromatic N) is 2. The molecule has 1 unspecified atom stereocenters. The second-order valence-electron chi connectivity index (χ2n) is 7.63. The van der Waals surface area contributed by atoms with Crippen LogP contribution < -0.4 is 5.32 Å². The first-order chi connectivity index (χ1) is 10.8. The SMILES string of the molecule is Cc1cc(Cl)nc(CNCC(C)O[Si](C)(C)C(C)(C)C)c1[N+](=O)[O-]. The van der Waals surface area contributed by atoms with E-state index in [-0.39, 0.29) is 28.5 Å². The van der Waals surface area contributed by atoms with Gasteiger partial charge in [-0.05, 0) is 38.0 Å². The quantitative estimate of drug-likeness (QED) is 0.330. The number of aryl methyl sites for hydroxylation is 1. The summed E-state index contributed by atoms with van der Waals surface area (Å²) in [5.41, 5.74) is 0.886. The zero-order chi connectivity index (χ0) is 18.7. The Morgan fingerprint density at radius 3 is 2.54 bits per heavy atom. The molecular formula is C16H28ClN3O3Si. The van der Waals surface area contributed by atoms with E-state index in [1.165, 1.54) is 6.07 Å². The van der Waals surface area contributed by atoms with E-state index in [0.29, 0.717) is 17.8 Å². The molecule has 0 aliphatic heterocycles. The lowest BCUT2D eigenvalue weighted by molar-refractivity contribution is -0.386. The molecule has 0 amide bonds. The van der Waals surface area contributed by atoms with Crippen LogP contribution in [-0.4, -0.2) is 30.9 Å². The van der Waals surface area contributed by atoms with Crippen LogP contribution >= 0.6 is 11.6 Å². The lowest BCUT2D eigenvalue weighted by atomic mass is 10.2. The summed E-state index contributed by atoms with van der Waals surface area (Å²) >= 11 is 5.92. The van der Waals surface area contributed by atoms with Gasteiger partial charge in [0.2, 0.25) is 0 Å². The van der Waals surface area contributed by atoms with Crippen LogP contribution in [0.1, 0.15) is 39.0 Å². The second-order valence-corrected chi connectivity index (χ2v) is 12.8. The number of pyridine rings is 1. The van der Waals surface area contributed by atoms with Crippen molar-refractivity contribution >= 4 is 25.6 Å². The number of hydrogen-bond acceptors (Lipinski definition) is 5. The molecule has 0 aliphatic rings. The maximum absolute atomic E-state index is 11.2. The van der Waals surface area contributed by atoms with Gasteiger partial charge in [0, 0.05) is 18.7 Å². The Labute approximate surface area is 150 Å². The highest BCUT2D eigenvalue weighted by molar-refractivity contribution is 6.74. The molecule has 1 rings (SSSR count). The Hall–Kier alpha value is -1.02. The third-order valence-electron chi connectivity index (χ3n) is 4.43. The molecule has 1 heterocycles. The van der Waals surface area contributed by atoms with E-state index in [1.807, 2.05) is 6.92 Å². The van der Waals surface area contributed by atoms with Crippen molar-refractivity contribution in [2.75, 3.05) is 6.54 Å². The van der Waals surface area contributed by atoms with Gasteiger partial charge in [0.1, 0.15) is 10.8 Å². The monoisotopic (exact) mass is 373 g/mol. The van der Waals surface area contributed by atoms with E-state index >= 15 is 0 Å². The van der Waals surface area contributed by atoms with Crippen molar-refractivity contribution in [2.24, 2.45) is 0 Å². The Morgan fingerprint density at radius 1 is 1.46 bits per heavy atom. The number of halogens is 1. The third kappa shape index (κ3) is 5.51. The molecule has 1 aromatic heterocycles. The van der Waals surface area contributed by atoms with Gasteiger partial charge in [-0.25, -0.2) is 4.98 Å². The Balaban J connectivity index is 2.70. The highest BCUT2D eigenvalue weighted by Gasteiger charge is 2.38. The van der Waals surface area contributed by atoms with Gasteiger partial charge in [0.05, 0.1) is 11.0 Å². The van der Waals surface area contributed by atoms with E-state index in [2.05, 4.69) is 44.2 Å². The van der Waals surface area contributed by atoms with Gasteiger partial charge < -0.3 is 9.74 Å². The maximum atomic E-state index is 11.2. The van der Waals surface area contributed by atoms with Gasteiger partial charge in [0.15, 0.2) is 8.32 Å². The van der Waals surface area contributed by atoms with Crippen molar-refractivity contribution in [1.29, 1.82) is 0 Å². The van der Waals surface area contributed by atoms with E-state index in [9.17, 15) is 10.1 Å². The van der Waals surface area contributed by atoms with Crippen LogP contribution in [0, 0.1) is 17.0 Å².